The summed E-state index contributed by atoms with van der Waals surface area (Å²) in [7, 11) is 0. The highest BCUT2D eigenvalue weighted by molar-refractivity contribution is 5.82. The van der Waals surface area contributed by atoms with E-state index in [0.717, 1.165) is 49.1 Å². The van der Waals surface area contributed by atoms with E-state index in [-0.39, 0.29) is 23.4 Å². The SMILES string of the molecule is CC(C)N1CCOc2c(F)cc(-c3nc(Nc4nc5ccc(N6CCNCC6)cc5[nH]4)ncc3F)cc21. The van der Waals surface area contributed by atoms with Gasteiger partial charge in [0.1, 0.15) is 12.3 Å². The van der Waals surface area contributed by atoms with Gasteiger partial charge in [0.15, 0.2) is 17.4 Å². The number of nitrogens with one attached hydrogen (secondary N) is 3. The summed E-state index contributed by atoms with van der Waals surface area (Å²) in [5, 5.41) is 6.38. The van der Waals surface area contributed by atoms with Crippen LogP contribution < -0.4 is 25.2 Å². The molecule has 3 N–H and O–H groups in total. The fourth-order valence-corrected chi connectivity index (χ4v) is 4.89. The third kappa shape index (κ3) is 4.50. The monoisotopic (exact) mass is 506 g/mol. The Bertz CT molecular complexity index is 1450. The minimum Gasteiger partial charge on any atom is -0.486 e. The summed E-state index contributed by atoms with van der Waals surface area (Å²) in [6, 6.07) is 9.17. The molecular weight excluding hydrogens is 478 g/mol. The first-order valence-corrected chi connectivity index (χ1v) is 12.4. The van der Waals surface area contributed by atoms with Crippen LogP contribution in [-0.4, -0.2) is 65.3 Å². The number of ether oxygens (including phenoxy) is 1. The Hall–Kier alpha value is -3.99. The molecule has 0 unspecified atom stereocenters. The molecule has 0 saturated carbocycles. The third-order valence-electron chi connectivity index (χ3n) is 6.73. The molecule has 2 aromatic heterocycles. The summed E-state index contributed by atoms with van der Waals surface area (Å²) in [6.45, 7) is 8.85. The molecule has 0 aliphatic carbocycles. The van der Waals surface area contributed by atoms with E-state index in [1.54, 1.807) is 6.07 Å². The largest absolute Gasteiger partial charge is 0.486 e. The molecule has 11 heteroatoms. The van der Waals surface area contributed by atoms with Crippen molar-refractivity contribution in [3.63, 3.8) is 0 Å². The summed E-state index contributed by atoms with van der Waals surface area (Å²) in [5.41, 5.74) is 3.66. The van der Waals surface area contributed by atoms with Gasteiger partial charge in [-0.05, 0) is 44.2 Å². The van der Waals surface area contributed by atoms with Gasteiger partial charge in [0.05, 0.1) is 29.5 Å². The number of imidazole rings is 1. The number of H-pyrrole nitrogens is 1. The molecule has 0 bridgehead atoms. The zero-order valence-corrected chi connectivity index (χ0v) is 20.7. The zero-order chi connectivity index (χ0) is 25.5. The molecule has 0 amide bonds. The second kappa shape index (κ2) is 9.47. The molecular formula is C26H28F2N8O. The van der Waals surface area contributed by atoms with Crippen molar-refractivity contribution in [3.8, 4) is 17.0 Å². The fraction of sp³-hybridized carbons (Fsp3) is 0.346. The number of piperazine rings is 1. The predicted octanol–water partition coefficient (Wildman–Crippen LogP) is 4.06. The second-order valence-corrected chi connectivity index (χ2v) is 9.48. The van der Waals surface area contributed by atoms with Crippen LogP contribution in [0, 0.1) is 11.6 Å². The van der Waals surface area contributed by atoms with Crippen molar-refractivity contribution in [2.45, 2.75) is 19.9 Å². The smallest absolute Gasteiger partial charge is 0.230 e. The Morgan fingerprint density at radius 1 is 1.03 bits per heavy atom. The van der Waals surface area contributed by atoms with E-state index in [4.69, 9.17) is 4.74 Å². The summed E-state index contributed by atoms with van der Waals surface area (Å²) in [4.78, 5) is 20.6. The lowest BCUT2D eigenvalue weighted by Crippen LogP contribution is -2.43. The molecule has 192 valence electrons. The van der Waals surface area contributed by atoms with Crippen LogP contribution in [-0.2, 0) is 0 Å². The highest BCUT2D eigenvalue weighted by atomic mass is 19.1. The first-order valence-electron chi connectivity index (χ1n) is 12.4. The van der Waals surface area contributed by atoms with Gasteiger partial charge in [0.25, 0.3) is 0 Å². The third-order valence-corrected chi connectivity index (χ3v) is 6.73. The lowest BCUT2D eigenvalue weighted by Gasteiger charge is -2.34. The van der Waals surface area contributed by atoms with Crippen molar-refractivity contribution < 1.29 is 13.5 Å². The molecule has 2 aliphatic rings. The second-order valence-electron chi connectivity index (χ2n) is 9.48. The van der Waals surface area contributed by atoms with E-state index >= 15 is 0 Å². The van der Waals surface area contributed by atoms with Crippen molar-refractivity contribution in [1.29, 1.82) is 0 Å². The van der Waals surface area contributed by atoms with E-state index in [9.17, 15) is 8.78 Å². The van der Waals surface area contributed by atoms with Crippen molar-refractivity contribution in [1.82, 2.24) is 25.3 Å². The van der Waals surface area contributed by atoms with Gasteiger partial charge in [-0.3, -0.25) is 5.32 Å². The predicted molar refractivity (Wildman–Crippen MR) is 140 cm³/mol. The number of halogens is 2. The molecule has 0 radical (unpaired) electrons. The van der Waals surface area contributed by atoms with Gasteiger partial charge in [0.2, 0.25) is 11.9 Å². The average molecular weight is 507 g/mol. The molecule has 1 fully saturated rings. The first-order chi connectivity index (χ1) is 18.0. The number of fused-ring (bicyclic) bond motifs is 2. The standard InChI is InChI=1S/C26H28F2N8O/c1-15(2)36-9-10-37-24-18(27)11-16(12-22(24)36)23-19(28)14-30-25(33-23)34-26-31-20-4-3-17(13-21(20)32-26)35-7-5-29-6-8-35/h3-4,11-15,29H,5-10H2,1-2H3,(H2,30,31,32,33,34). The van der Waals surface area contributed by atoms with Gasteiger partial charge in [0, 0.05) is 43.5 Å². The van der Waals surface area contributed by atoms with E-state index < -0.39 is 11.6 Å². The number of aromatic amines is 1. The lowest BCUT2D eigenvalue weighted by atomic mass is 10.1. The van der Waals surface area contributed by atoms with Crippen LogP contribution >= 0.6 is 0 Å². The number of hydrogen-bond donors (Lipinski definition) is 3. The van der Waals surface area contributed by atoms with Gasteiger partial charge in [-0.15, -0.1) is 0 Å². The quantitative estimate of drug-likeness (QED) is 0.373. The highest BCUT2D eigenvalue weighted by Crippen LogP contribution is 2.39. The molecule has 0 atom stereocenters. The molecule has 2 aromatic carbocycles. The number of nitrogens with zero attached hydrogens (tertiary/aromatic N) is 5. The number of hydrogen-bond acceptors (Lipinski definition) is 8. The highest BCUT2D eigenvalue weighted by Gasteiger charge is 2.26. The maximum atomic E-state index is 15.0. The van der Waals surface area contributed by atoms with Crippen molar-refractivity contribution in [2.24, 2.45) is 0 Å². The van der Waals surface area contributed by atoms with Crippen molar-refractivity contribution in [3.05, 3.63) is 48.2 Å². The van der Waals surface area contributed by atoms with Gasteiger partial charge in [-0.2, -0.15) is 0 Å². The normalized spacial score (nSPS) is 15.7. The van der Waals surface area contributed by atoms with E-state index in [1.807, 2.05) is 24.8 Å². The van der Waals surface area contributed by atoms with Crippen LogP contribution in [0.5, 0.6) is 5.75 Å². The van der Waals surface area contributed by atoms with E-state index in [2.05, 4.69) is 47.6 Å². The van der Waals surface area contributed by atoms with Crippen LogP contribution in [0.2, 0.25) is 0 Å². The molecule has 0 spiro atoms. The summed E-state index contributed by atoms with van der Waals surface area (Å²) in [5.74, 6) is -0.446. The van der Waals surface area contributed by atoms with Crippen LogP contribution in [0.1, 0.15) is 13.8 Å². The number of anilines is 4. The Labute approximate surface area is 212 Å². The maximum absolute atomic E-state index is 15.0. The zero-order valence-electron chi connectivity index (χ0n) is 20.7. The topological polar surface area (TPSA) is 94.2 Å². The summed E-state index contributed by atoms with van der Waals surface area (Å²) < 4.78 is 35.4. The van der Waals surface area contributed by atoms with Gasteiger partial charge in [-0.25, -0.2) is 23.7 Å². The Balaban J connectivity index is 1.30. The first kappa shape index (κ1) is 23.4. The molecule has 4 aromatic rings. The Kier molecular flexibility index (Phi) is 5.99. The molecule has 4 heterocycles. The maximum Gasteiger partial charge on any atom is 0.230 e. The minimum absolute atomic E-state index is 0.00872. The van der Waals surface area contributed by atoms with Gasteiger partial charge < -0.3 is 24.8 Å². The van der Waals surface area contributed by atoms with Crippen LogP contribution in [0.3, 0.4) is 0 Å². The Morgan fingerprint density at radius 3 is 2.68 bits per heavy atom. The minimum atomic E-state index is -0.650. The number of rotatable bonds is 5. The van der Waals surface area contributed by atoms with Gasteiger partial charge in [-0.1, -0.05) is 0 Å². The molecule has 37 heavy (non-hydrogen) atoms. The van der Waals surface area contributed by atoms with Gasteiger partial charge >= 0.3 is 0 Å². The summed E-state index contributed by atoms with van der Waals surface area (Å²) in [6.07, 6.45) is 1.07. The van der Waals surface area contributed by atoms with Crippen LogP contribution in [0.4, 0.5) is 32.1 Å². The molecule has 1 saturated heterocycles. The number of aromatic nitrogens is 4. The van der Waals surface area contributed by atoms with E-state index in [0.29, 0.717) is 30.4 Å². The fourth-order valence-electron chi connectivity index (χ4n) is 4.89. The average Bonchev–Trinajstić information content (AvgIpc) is 3.31. The van der Waals surface area contributed by atoms with Crippen LogP contribution in [0.25, 0.3) is 22.3 Å². The Morgan fingerprint density at radius 2 is 1.86 bits per heavy atom. The van der Waals surface area contributed by atoms with Crippen molar-refractivity contribution >= 4 is 34.3 Å². The molecule has 9 nitrogen and oxygen atoms in total. The lowest BCUT2D eigenvalue weighted by molar-refractivity contribution is 0.287. The molecule has 6 rings (SSSR count). The van der Waals surface area contributed by atoms with Crippen LogP contribution in [0.15, 0.2) is 36.5 Å². The van der Waals surface area contributed by atoms with Crippen molar-refractivity contribution in [2.75, 3.05) is 54.4 Å². The summed E-state index contributed by atoms with van der Waals surface area (Å²) >= 11 is 0. The molecule has 2 aliphatic heterocycles. The number of benzene rings is 2. The van der Waals surface area contributed by atoms with E-state index in [1.165, 1.54) is 6.07 Å².